The van der Waals surface area contributed by atoms with Gasteiger partial charge in [-0.25, -0.2) is 0 Å². The Hall–Kier alpha value is -0.246. The number of nitrogens with one attached hydrogen (secondary N) is 2. The molecule has 0 aromatic rings. The minimum atomic E-state index is -4.11. The van der Waals surface area contributed by atoms with Crippen molar-refractivity contribution in [2.75, 3.05) is 112 Å². The first kappa shape index (κ1) is 49.8. The first-order valence-corrected chi connectivity index (χ1v) is 22.5. The molecule has 4 atom stereocenters. The zero-order chi connectivity index (χ0) is 37.7. The zero-order valence-electron chi connectivity index (χ0n) is 30.7. The minimum Gasteiger partial charge on any atom is -0.390 e. The number of nitrogens with two attached hydrogens (primary N) is 1. The van der Waals surface area contributed by atoms with E-state index in [2.05, 4.69) is 34.3 Å². The van der Waals surface area contributed by atoms with Crippen LogP contribution in [-0.2, 0) is 14.2 Å². The highest BCUT2D eigenvalue weighted by Gasteiger charge is 2.26. The Morgan fingerprint density at radius 3 is 1.60 bits per heavy atom. The molecule has 0 rings (SSSR count). The monoisotopic (exact) mass is 763 g/mol. The number of hydrogen-bond acceptors (Lipinski definition) is 17. The molecule has 4 unspecified atom stereocenters. The number of aliphatic hydroxyl groups excluding tert-OH is 3. The van der Waals surface area contributed by atoms with Crippen LogP contribution in [0.4, 0.5) is 0 Å². The number of ether oxygens (including phenoxy) is 3. The molecule has 0 aromatic carbocycles. The molecule has 19 heteroatoms. The van der Waals surface area contributed by atoms with Crippen LogP contribution in [0.2, 0.25) is 12.1 Å². The summed E-state index contributed by atoms with van der Waals surface area (Å²) in [4.78, 5) is 58.9. The molecule has 0 amide bonds. The van der Waals surface area contributed by atoms with Crippen LogP contribution in [0.5, 0.6) is 0 Å². The van der Waals surface area contributed by atoms with Gasteiger partial charge in [0, 0.05) is 104 Å². The number of hydrogen-bond donors (Lipinski definition) is 12. The fraction of sp³-hybridized carbons (Fsp3) is 1.00. The van der Waals surface area contributed by atoms with Crippen molar-refractivity contribution < 1.29 is 58.3 Å². The molecule has 50 heavy (non-hydrogen) atoms. The van der Waals surface area contributed by atoms with E-state index in [9.17, 15) is 15.3 Å². The van der Waals surface area contributed by atoms with Crippen LogP contribution in [0, 0.1) is 5.92 Å². The van der Waals surface area contributed by atoms with Gasteiger partial charge in [0.25, 0.3) is 0 Å². The molecule has 0 bridgehead atoms. The fourth-order valence-electron chi connectivity index (χ4n) is 5.13. The van der Waals surface area contributed by atoms with Gasteiger partial charge in [-0.1, -0.05) is 33.1 Å². The molecule has 302 valence electrons. The number of unbranched alkanes of at least 4 members (excludes halogenated alkanes) is 1. The molecule has 0 spiro atoms. The van der Waals surface area contributed by atoms with Crippen LogP contribution >= 0.6 is 0 Å². The highest BCUT2D eigenvalue weighted by molar-refractivity contribution is 6.56. The van der Waals surface area contributed by atoms with Crippen molar-refractivity contribution >= 4 is 17.6 Å². The lowest BCUT2D eigenvalue weighted by molar-refractivity contribution is -0.00168. The van der Waals surface area contributed by atoms with E-state index in [-0.39, 0.29) is 64.5 Å². The lowest BCUT2D eigenvalue weighted by Gasteiger charge is -2.30. The number of nitrogens with zero attached hydrogens (tertiary/aromatic N) is 2. The second-order valence-electron chi connectivity index (χ2n) is 13.2. The van der Waals surface area contributed by atoms with Crippen LogP contribution in [0.25, 0.3) is 0 Å². The summed E-state index contributed by atoms with van der Waals surface area (Å²) in [6.45, 7) is 11.4. The van der Waals surface area contributed by atoms with Crippen molar-refractivity contribution in [3.63, 3.8) is 0 Å². The maximum atomic E-state index is 10.9. The summed E-state index contributed by atoms with van der Waals surface area (Å²) in [6, 6.07) is -0.247. The maximum absolute atomic E-state index is 10.9. The lowest BCUT2D eigenvalue weighted by atomic mass is 10.0. The molecular weight excluding hydrogens is 691 g/mol. The van der Waals surface area contributed by atoms with Gasteiger partial charge in [-0.05, 0) is 25.2 Å². The van der Waals surface area contributed by atoms with Crippen molar-refractivity contribution in [3.8, 4) is 0 Å². The quantitative estimate of drug-likeness (QED) is 0.0218. The number of aliphatic hydroxyl groups is 3. The van der Waals surface area contributed by atoms with Crippen molar-refractivity contribution in [2.45, 2.75) is 82.8 Å². The molecule has 13 N–H and O–H groups in total. The molecule has 0 aliphatic rings. The molecule has 0 fully saturated rings. The van der Waals surface area contributed by atoms with E-state index in [1.165, 1.54) is 0 Å². The standard InChI is InChI=1S/C31H73N5O12Si2/c1-3-5-8-28(4-2)24-48-27-31(39)23-36(14-12-34-21-29(37)25-46-17-6-19-49(40,41)42)16-15-35(13-11-33-10-9-32)22-30(38)26-47-18-7-20-50(43,44)45/h28-31,33-34,37-45H,3-27,32H2,1-2H3. The second kappa shape index (κ2) is 31.1. The van der Waals surface area contributed by atoms with Crippen LogP contribution < -0.4 is 16.4 Å². The molecule has 0 aromatic heterocycles. The summed E-state index contributed by atoms with van der Waals surface area (Å²) in [6.07, 6.45) is 2.72. The van der Waals surface area contributed by atoms with E-state index in [1.54, 1.807) is 0 Å². The van der Waals surface area contributed by atoms with Crippen LogP contribution in [0.3, 0.4) is 0 Å². The molecular formula is C31H73N5O12Si2. The minimum absolute atomic E-state index is 0.0586. The van der Waals surface area contributed by atoms with Gasteiger partial charge < -0.3 is 74.7 Å². The molecule has 0 heterocycles. The summed E-state index contributed by atoms with van der Waals surface area (Å²) in [5, 5.41) is 38.3. The highest BCUT2D eigenvalue weighted by Crippen LogP contribution is 2.13. The molecule has 0 aliphatic carbocycles. The maximum Gasteiger partial charge on any atom is 0.492 e. The van der Waals surface area contributed by atoms with Gasteiger partial charge in [-0.3, -0.25) is 9.80 Å². The summed E-state index contributed by atoms with van der Waals surface area (Å²) < 4.78 is 16.8. The Balaban J connectivity index is 5.08. The predicted molar refractivity (Wildman–Crippen MR) is 195 cm³/mol. The first-order chi connectivity index (χ1) is 23.7. The third-order valence-corrected chi connectivity index (χ3v) is 10.1. The lowest BCUT2D eigenvalue weighted by Crippen LogP contribution is -2.46. The van der Waals surface area contributed by atoms with Gasteiger partial charge in [0.1, 0.15) is 0 Å². The molecule has 0 aliphatic heterocycles. The normalized spacial score (nSPS) is 15.2. The van der Waals surface area contributed by atoms with Gasteiger partial charge >= 0.3 is 17.6 Å². The molecule has 0 saturated heterocycles. The SMILES string of the molecule is CCCCC(CC)COCC(O)CN(CCNCC(O)COCCC[Si](O)(O)O)CCN(CCNCCN)CC(O)COCCC[Si](O)(O)O. The van der Waals surface area contributed by atoms with Gasteiger partial charge in [-0.15, -0.1) is 0 Å². The third-order valence-electron chi connectivity index (χ3n) is 8.01. The van der Waals surface area contributed by atoms with E-state index in [0.29, 0.717) is 78.0 Å². The van der Waals surface area contributed by atoms with Crippen molar-refractivity contribution in [3.05, 3.63) is 0 Å². The Morgan fingerprint density at radius 1 is 0.620 bits per heavy atom. The fourth-order valence-corrected chi connectivity index (χ4v) is 6.37. The summed E-state index contributed by atoms with van der Waals surface area (Å²) >= 11 is 0. The van der Waals surface area contributed by atoms with Gasteiger partial charge in [0.05, 0.1) is 38.1 Å². The highest BCUT2D eigenvalue weighted by atomic mass is 28.4. The molecule has 17 nitrogen and oxygen atoms in total. The summed E-state index contributed by atoms with van der Waals surface area (Å²) in [5.74, 6) is 0.471. The van der Waals surface area contributed by atoms with Gasteiger partial charge in [0.15, 0.2) is 0 Å². The first-order valence-electron chi connectivity index (χ1n) is 18.4. The third kappa shape index (κ3) is 33.6. The van der Waals surface area contributed by atoms with E-state index in [0.717, 1.165) is 25.7 Å². The smallest absolute Gasteiger partial charge is 0.390 e. The Kier molecular flexibility index (Phi) is 31.0. The zero-order valence-corrected chi connectivity index (χ0v) is 32.7. The average Bonchev–Trinajstić information content (AvgIpc) is 3.03. The largest absolute Gasteiger partial charge is 0.492 e. The molecule has 0 saturated carbocycles. The van der Waals surface area contributed by atoms with Crippen LogP contribution in [-0.4, -0.2) is 201 Å². The van der Waals surface area contributed by atoms with Gasteiger partial charge in [0.2, 0.25) is 0 Å². The Labute approximate surface area is 302 Å². The van der Waals surface area contributed by atoms with E-state index < -0.39 is 35.9 Å². The number of rotatable bonds is 37. The van der Waals surface area contributed by atoms with Crippen molar-refractivity contribution in [1.82, 2.24) is 20.4 Å². The van der Waals surface area contributed by atoms with E-state index >= 15 is 0 Å². The molecule has 0 radical (unpaired) electrons. The van der Waals surface area contributed by atoms with Crippen molar-refractivity contribution in [2.24, 2.45) is 11.7 Å². The Morgan fingerprint density at radius 2 is 1.12 bits per heavy atom. The Bertz CT molecular complexity index is 762. The van der Waals surface area contributed by atoms with Crippen LogP contribution in [0.15, 0.2) is 0 Å². The van der Waals surface area contributed by atoms with Crippen molar-refractivity contribution in [1.29, 1.82) is 0 Å². The van der Waals surface area contributed by atoms with Crippen LogP contribution in [0.1, 0.15) is 52.4 Å². The predicted octanol–water partition coefficient (Wildman–Crippen LogP) is -3.31. The second-order valence-corrected chi connectivity index (χ2v) is 17.3. The van der Waals surface area contributed by atoms with E-state index in [1.807, 2.05) is 0 Å². The summed E-state index contributed by atoms with van der Waals surface area (Å²) in [5.41, 5.74) is 5.61. The average molecular weight is 764 g/mol. The summed E-state index contributed by atoms with van der Waals surface area (Å²) in [7, 11) is -8.19. The topological polar surface area (TPSA) is 266 Å². The van der Waals surface area contributed by atoms with E-state index in [4.69, 9.17) is 48.7 Å². The van der Waals surface area contributed by atoms with Gasteiger partial charge in [-0.2, -0.15) is 0 Å².